The SMILES string of the molecule is Cc1ccccc1NN1C(=O)c2[nH]c3cc(Cl)ccc3c(=O)c2C1=O. The molecule has 1 aliphatic heterocycles. The number of hydrogen-bond donors (Lipinski definition) is 2. The number of anilines is 1. The number of aromatic nitrogens is 1. The summed E-state index contributed by atoms with van der Waals surface area (Å²) in [5, 5.41) is 1.59. The molecule has 124 valence electrons. The number of para-hydroxylation sites is 1. The van der Waals surface area contributed by atoms with E-state index in [1.54, 1.807) is 24.3 Å². The van der Waals surface area contributed by atoms with Gasteiger partial charge in [0.05, 0.1) is 11.2 Å². The highest BCUT2D eigenvalue weighted by Gasteiger charge is 2.39. The average Bonchev–Trinajstić information content (AvgIpc) is 2.81. The maximum atomic E-state index is 12.7. The molecule has 0 saturated heterocycles. The van der Waals surface area contributed by atoms with E-state index in [1.807, 2.05) is 19.1 Å². The topological polar surface area (TPSA) is 82.3 Å². The smallest absolute Gasteiger partial charge is 0.297 e. The zero-order chi connectivity index (χ0) is 17.7. The molecule has 1 aliphatic rings. The normalized spacial score (nSPS) is 13.4. The summed E-state index contributed by atoms with van der Waals surface area (Å²) in [6.07, 6.45) is 0. The monoisotopic (exact) mass is 353 g/mol. The minimum Gasteiger partial charge on any atom is -0.350 e. The summed E-state index contributed by atoms with van der Waals surface area (Å²) in [4.78, 5) is 40.8. The van der Waals surface area contributed by atoms with Gasteiger partial charge in [-0.3, -0.25) is 19.8 Å². The molecular weight excluding hydrogens is 342 g/mol. The fourth-order valence-electron chi connectivity index (χ4n) is 2.86. The van der Waals surface area contributed by atoms with E-state index in [4.69, 9.17) is 11.6 Å². The van der Waals surface area contributed by atoms with Crippen molar-refractivity contribution in [3.8, 4) is 0 Å². The molecule has 2 N–H and O–H groups in total. The Morgan fingerprint density at radius 2 is 1.80 bits per heavy atom. The van der Waals surface area contributed by atoms with E-state index in [9.17, 15) is 14.4 Å². The van der Waals surface area contributed by atoms with Gasteiger partial charge in [-0.2, -0.15) is 5.01 Å². The van der Waals surface area contributed by atoms with Gasteiger partial charge in [0.15, 0.2) is 0 Å². The molecule has 2 aromatic carbocycles. The van der Waals surface area contributed by atoms with Crippen LogP contribution >= 0.6 is 11.6 Å². The van der Waals surface area contributed by atoms with Crippen molar-refractivity contribution in [2.75, 3.05) is 5.43 Å². The van der Waals surface area contributed by atoms with Crippen LogP contribution < -0.4 is 10.9 Å². The molecule has 2 amide bonds. The molecule has 0 unspecified atom stereocenters. The number of amides is 2. The summed E-state index contributed by atoms with van der Waals surface area (Å²) < 4.78 is 0. The molecule has 0 aliphatic carbocycles. The van der Waals surface area contributed by atoms with Gasteiger partial charge in [0.2, 0.25) is 5.43 Å². The van der Waals surface area contributed by atoms with Crippen LogP contribution in [0.15, 0.2) is 47.3 Å². The van der Waals surface area contributed by atoms with E-state index in [-0.39, 0.29) is 11.3 Å². The van der Waals surface area contributed by atoms with Crippen molar-refractivity contribution in [3.05, 3.63) is 74.5 Å². The van der Waals surface area contributed by atoms with Crippen LogP contribution in [0, 0.1) is 6.92 Å². The average molecular weight is 354 g/mol. The lowest BCUT2D eigenvalue weighted by atomic mass is 10.1. The molecule has 4 rings (SSSR count). The van der Waals surface area contributed by atoms with Gasteiger partial charge < -0.3 is 4.98 Å². The van der Waals surface area contributed by atoms with Gasteiger partial charge in [0.25, 0.3) is 11.8 Å². The van der Waals surface area contributed by atoms with E-state index in [2.05, 4.69) is 10.4 Å². The van der Waals surface area contributed by atoms with Crippen LogP contribution in [0.2, 0.25) is 5.02 Å². The van der Waals surface area contributed by atoms with E-state index in [1.165, 1.54) is 6.07 Å². The van der Waals surface area contributed by atoms with Gasteiger partial charge >= 0.3 is 0 Å². The van der Waals surface area contributed by atoms with Crippen molar-refractivity contribution in [2.45, 2.75) is 6.92 Å². The predicted octanol–water partition coefficient (Wildman–Crippen LogP) is 3.11. The van der Waals surface area contributed by atoms with Crippen molar-refractivity contribution in [3.63, 3.8) is 0 Å². The van der Waals surface area contributed by atoms with E-state index in [0.29, 0.717) is 21.6 Å². The number of fused-ring (bicyclic) bond motifs is 2. The number of nitrogens with one attached hydrogen (secondary N) is 2. The summed E-state index contributed by atoms with van der Waals surface area (Å²) in [7, 11) is 0. The second-order valence-corrected chi connectivity index (χ2v) is 6.20. The highest BCUT2D eigenvalue weighted by atomic mass is 35.5. The minimum atomic E-state index is -0.679. The standard InChI is InChI=1S/C18H12ClN3O3/c1-9-4-2-3-5-12(9)21-22-17(24)14-15(18(22)25)20-13-8-10(19)6-7-11(13)16(14)23/h2-8,21H,1H3,(H,20,23). The first-order chi connectivity index (χ1) is 12.0. The summed E-state index contributed by atoms with van der Waals surface area (Å²) >= 11 is 5.94. The lowest BCUT2D eigenvalue weighted by molar-refractivity contribution is 0.0689. The number of H-pyrrole nitrogens is 1. The Hall–Kier alpha value is -3.12. The van der Waals surface area contributed by atoms with Gasteiger partial charge in [0.1, 0.15) is 11.3 Å². The number of carbonyl (C=O) groups is 2. The molecule has 2 heterocycles. The number of carbonyl (C=O) groups excluding carboxylic acids is 2. The molecule has 25 heavy (non-hydrogen) atoms. The molecule has 0 atom stereocenters. The Morgan fingerprint density at radius 1 is 1.04 bits per heavy atom. The fourth-order valence-corrected chi connectivity index (χ4v) is 3.04. The molecule has 7 heteroatoms. The first-order valence-electron chi connectivity index (χ1n) is 7.54. The van der Waals surface area contributed by atoms with Crippen LogP contribution in [0.25, 0.3) is 10.9 Å². The molecule has 1 aromatic heterocycles. The van der Waals surface area contributed by atoms with E-state index < -0.39 is 17.2 Å². The zero-order valence-corrected chi connectivity index (χ0v) is 13.8. The number of pyridine rings is 1. The van der Waals surface area contributed by atoms with Crippen LogP contribution in [-0.4, -0.2) is 21.8 Å². The molecule has 0 radical (unpaired) electrons. The highest BCUT2D eigenvalue weighted by molar-refractivity contribution is 6.31. The van der Waals surface area contributed by atoms with Crippen molar-refractivity contribution in [2.24, 2.45) is 0 Å². The number of benzene rings is 2. The third-order valence-electron chi connectivity index (χ3n) is 4.17. The number of hydrogen-bond acceptors (Lipinski definition) is 4. The highest BCUT2D eigenvalue weighted by Crippen LogP contribution is 2.24. The number of imide groups is 1. The zero-order valence-electron chi connectivity index (χ0n) is 13.1. The third kappa shape index (κ3) is 2.30. The molecule has 3 aromatic rings. The lowest BCUT2D eigenvalue weighted by Crippen LogP contribution is -2.36. The van der Waals surface area contributed by atoms with Crippen molar-refractivity contribution in [1.29, 1.82) is 0 Å². The summed E-state index contributed by atoms with van der Waals surface area (Å²) in [5.74, 6) is -1.29. The number of nitrogens with zero attached hydrogens (tertiary/aromatic N) is 1. The second kappa shape index (κ2) is 5.46. The van der Waals surface area contributed by atoms with Crippen LogP contribution in [0.5, 0.6) is 0 Å². The Labute approximate surface area is 147 Å². The quantitative estimate of drug-likeness (QED) is 0.693. The first-order valence-corrected chi connectivity index (χ1v) is 7.92. The maximum Gasteiger partial charge on any atom is 0.297 e. The predicted molar refractivity (Wildman–Crippen MR) is 94.9 cm³/mol. The van der Waals surface area contributed by atoms with Gasteiger partial charge in [-0.15, -0.1) is 0 Å². The van der Waals surface area contributed by atoms with Crippen LogP contribution in [-0.2, 0) is 0 Å². The van der Waals surface area contributed by atoms with Crippen LogP contribution in [0.1, 0.15) is 26.4 Å². The van der Waals surface area contributed by atoms with Crippen molar-refractivity contribution in [1.82, 2.24) is 9.99 Å². The molecule has 6 nitrogen and oxygen atoms in total. The Morgan fingerprint density at radius 3 is 2.56 bits per heavy atom. The van der Waals surface area contributed by atoms with Crippen LogP contribution in [0.4, 0.5) is 5.69 Å². The Kier molecular flexibility index (Phi) is 3.36. The van der Waals surface area contributed by atoms with E-state index in [0.717, 1.165) is 10.6 Å². The number of halogens is 1. The largest absolute Gasteiger partial charge is 0.350 e. The fraction of sp³-hybridized carbons (Fsp3) is 0.0556. The number of rotatable bonds is 2. The third-order valence-corrected chi connectivity index (χ3v) is 4.41. The molecule has 0 saturated carbocycles. The number of aryl methyl sites for hydroxylation is 1. The molecule has 0 bridgehead atoms. The summed E-state index contributed by atoms with van der Waals surface area (Å²) in [5.41, 5.74) is 3.99. The van der Waals surface area contributed by atoms with Crippen LogP contribution in [0.3, 0.4) is 0 Å². The maximum absolute atomic E-state index is 12.7. The van der Waals surface area contributed by atoms with Crippen molar-refractivity contribution < 1.29 is 9.59 Å². The second-order valence-electron chi connectivity index (χ2n) is 5.77. The Balaban J connectivity index is 1.85. The summed E-state index contributed by atoms with van der Waals surface area (Å²) in [6.45, 7) is 1.85. The van der Waals surface area contributed by atoms with Gasteiger partial charge in [-0.1, -0.05) is 29.8 Å². The summed E-state index contributed by atoms with van der Waals surface area (Å²) in [6, 6.07) is 11.9. The van der Waals surface area contributed by atoms with Gasteiger partial charge in [-0.05, 0) is 36.8 Å². The lowest BCUT2D eigenvalue weighted by Gasteiger charge is -2.17. The minimum absolute atomic E-state index is 0.0362. The van der Waals surface area contributed by atoms with E-state index >= 15 is 0 Å². The van der Waals surface area contributed by atoms with Crippen molar-refractivity contribution >= 4 is 40.0 Å². The molecule has 0 spiro atoms. The van der Waals surface area contributed by atoms with Gasteiger partial charge in [0, 0.05) is 10.4 Å². The number of hydrazine groups is 1. The molecular formula is C18H12ClN3O3. The first kappa shape index (κ1) is 15.4. The number of aromatic amines is 1. The van der Waals surface area contributed by atoms with Gasteiger partial charge in [-0.25, -0.2) is 0 Å². The molecule has 0 fully saturated rings. The Bertz CT molecular complexity index is 1120.